The van der Waals surface area contributed by atoms with Gasteiger partial charge in [-0.3, -0.25) is 9.59 Å². The van der Waals surface area contributed by atoms with Crippen LogP contribution < -0.4 is 4.72 Å². The molecule has 0 radical (unpaired) electrons. The van der Waals surface area contributed by atoms with Crippen molar-refractivity contribution in [1.82, 2.24) is 14.5 Å². The third-order valence-electron chi connectivity index (χ3n) is 4.94. The first-order valence-corrected chi connectivity index (χ1v) is 11.0. The molecule has 9 heteroatoms. The molecule has 2 heterocycles. The zero-order valence-electron chi connectivity index (χ0n) is 16.3. The van der Waals surface area contributed by atoms with Gasteiger partial charge in [0.05, 0.1) is 0 Å². The van der Waals surface area contributed by atoms with Gasteiger partial charge in [-0.1, -0.05) is 30.3 Å². The summed E-state index contributed by atoms with van der Waals surface area (Å²) < 4.78 is 30.8. The first kappa shape index (κ1) is 21.1. The van der Waals surface area contributed by atoms with E-state index in [4.69, 9.17) is 4.42 Å². The van der Waals surface area contributed by atoms with Gasteiger partial charge in [0.1, 0.15) is 0 Å². The third-order valence-corrected chi connectivity index (χ3v) is 6.23. The lowest BCUT2D eigenvalue weighted by Gasteiger charge is -2.34. The van der Waals surface area contributed by atoms with Crippen LogP contribution in [0.3, 0.4) is 0 Å². The predicted molar refractivity (Wildman–Crippen MR) is 107 cm³/mol. The Hall–Kier alpha value is -2.65. The van der Waals surface area contributed by atoms with E-state index in [2.05, 4.69) is 16.9 Å². The predicted octanol–water partition coefficient (Wildman–Crippen LogP) is 1.49. The van der Waals surface area contributed by atoms with Crippen molar-refractivity contribution in [3.8, 4) is 0 Å². The number of hydrogen-bond acceptors (Lipinski definition) is 5. The molecule has 1 saturated heterocycles. The monoisotopic (exact) mass is 419 g/mol. The number of benzene rings is 1. The molecular formula is C20H25N3O5S. The average Bonchev–Trinajstić information content (AvgIpc) is 3.25. The number of aryl methyl sites for hydroxylation is 1. The van der Waals surface area contributed by atoms with E-state index in [9.17, 15) is 18.0 Å². The van der Waals surface area contributed by atoms with Gasteiger partial charge in [0.15, 0.2) is 5.76 Å². The number of carbonyl (C=O) groups is 2. The maximum atomic E-state index is 12.5. The van der Waals surface area contributed by atoms with Crippen molar-refractivity contribution >= 4 is 21.8 Å². The molecule has 1 aromatic carbocycles. The number of amides is 2. The van der Waals surface area contributed by atoms with E-state index in [0.29, 0.717) is 32.6 Å². The average molecular weight is 420 g/mol. The molecular weight excluding hydrogens is 394 g/mol. The van der Waals surface area contributed by atoms with Crippen LogP contribution in [0, 0.1) is 0 Å². The Labute approximate surface area is 170 Å². The number of nitrogens with zero attached hydrogens (tertiary/aromatic N) is 2. The molecule has 0 spiro atoms. The second-order valence-corrected chi connectivity index (χ2v) is 8.66. The summed E-state index contributed by atoms with van der Waals surface area (Å²) in [5.74, 6) is -0.311. The van der Waals surface area contributed by atoms with Crippen LogP contribution >= 0.6 is 0 Å². The third kappa shape index (κ3) is 5.24. The highest BCUT2D eigenvalue weighted by Crippen LogP contribution is 2.17. The zero-order valence-corrected chi connectivity index (χ0v) is 17.2. The number of sulfonamides is 1. The summed E-state index contributed by atoms with van der Waals surface area (Å²) in [4.78, 5) is 28.3. The highest BCUT2D eigenvalue weighted by molar-refractivity contribution is 7.89. The Morgan fingerprint density at radius 1 is 1.00 bits per heavy atom. The van der Waals surface area contributed by atoms with Gasteiger partial charge in [0.2, 0.25) is 11.0 Å². The molecule has 156 valence electrons. The molecule has 8 nitrogen and oxygen atoms in total. The molecule has 0 bridgehead atoms. The molecule has 3 rings (SSSR count). The van der Waals surface area contributed by atoms with Crippen LogP contribution in [0.2, 0.25) is 0 Å². The highest BCUT2D eigenvalue weighted by Gasteiger charge is 2.27. The van der Waals surface area contributed by atoms with E-state index in [1.807, 2.05) is 18.2 Å². The molecule has 2 amide bonds. The van der Waals surface area contributed by atoms with Gasteiger partial charge in [-0.2, -0.15) is 0 Å². The van der Waals surface area contributed by atoms with Gasteiger partial charge >= 0.3 is 0 Å². The maximum absolute atomic E-state index is 12.5. The van der Waals surface area contributed by atoms with Crippen LogP contribution in [-0.4, -0.2) is 63.3 Å². The molecule has 1 fully saturated rings. The molecule has 0 aliphatic carbocycles. The van der Waals surface area contributed by atoms with E-state index in [0.717, 1.165) is 12.8 Å². The number of rotatable bonds is 7. The van der Waals surface area contributed by atoms with Crippen molar-refractivity contribution < 1.29 is 22.4 Å². The Morgan fingerprint density at radius 2 is 1.66 bits per heavy atom. The lowest BCUT2D eigenvalue weighted by Crippen LogP contribution is -2.50. The van der Waals surface area contributed by atoms with Crippen LogP contribution in [-0.2, 0) is 21.2 Å². The van der Waals surface area contributed by atoms with Crippen LogP contribution in [0.15, 0.2) is 52.0 Å². The second-order valence-electron chi connectivity index (χ2n) is 6.84. The lowest BCUT2D eigenvalue weighted by molar-refractivity contribution is -0.132. The fraction of sp³-hybridized carbons (Fsp3) is 0.400. The second kappa shape index (κ2) is 9.23. The van der Waals surface area contributed by atoms with E-state index < -0.39 is 10.0 Å². The molecule has 2 aromatic rings. The molecule has 29 heavy (non-hydrogen) atoms. The molecule has 0 unspecified atom stereocenters. The number of nitrogens with one attached hydrogen (secondary N) is 1. The summed E-state index contributed by atoms with van der Waals surface area (Å²) in [6, 6.07) is 12.7. The van der Waals surface area contributed by atoms with Gasteiger partial charge in [-0.25, -0.2) is 13.1 Å². The summed E-state index contributed by atoms with van der Waals surface area (Å²) in [6.45, 7) is 1.69. The minimum Gasteiger partial charge on any atom is -0.438 e. The standard InChI is InChI=1S/C20H25N3O5S/c1-21-29(26,27)19-11-10-17(28-19)20(25)23-14-12-22(13-15-23)18(24)9-5-8-16-6-3-2-4-7-16/h2-4,6-7,10-11,21H,5,8-9,12-15H2,1H3. The van der Waals surface area contributed by atoms with E-state index in [1.54, 1.807) is 9.80 Å². The topological polar surface area (TPSA) is 99.9 Å². The minimum atomic E-state index is -3.73. The quantitative estimate of drug-likeness (QED) is 0.733. The summed E-state index contributed by atoms with van der Waals surface area (Å²) in [7, 11) is -2.46. The van der Waals surface area contributed by atoms with Crippen LogP contribution in [0.1, 0.15) is 29.0 Å². The molecule has 0 atom stereocenters. The molecule has 1 aromatic heterocycles. The zero-order chi connectivity index (χ0) is 20.9. The van der Waals surface area contributed by atoms with Gasteiger partial charge in [-0.15, -0.1) is 0 Å². The summed E-state index contributed by atoms with van der Waals surface area (Å²) in [5.41, 5.74) is 1.22. The van der Waals surface area contributed by atoms with Crippen molar-refractivity contribution in [3.05, 3.63) is 53.8 Å². The van der Waals surface area contributed by atoms with E-state index in [-0.39, 0.29) is 22.7 Å². The first-order chi connectivity index (χ1) is 13.9. The smallest absolute Gasteiger partial charge is 0.289 e. The summed E-state index contributed by atoms with van der Waals surface area (Å²) in [6.07, 6.45) is 2.13. The van der Waals surface area contributed by atoms with Crippen molar-refractivity contribution in [3.63, 3.8) is 0 Å². The Morgan fingerprint density at radius 3 is 2.31 bits per heavy atom. The van der Waals surface area contributed by atoms with Crippen molar-refractivity contribution in [2.75, 3.05) is 33.2 Å². The normalized spacial score (nSPS) is 14.8. The molecule has 1 N–H and O–H groups in total. The number of furan rings is 1. The van der Waals surface area contributed by atoms with Crippen molar-refractivity contribution in [2.45, 2.75) is 24.4 Å². The van der Waals surface area contributed by atoms with Gasteiger partial charge in [0.25, 0.3) is 15.9 Å². The van der Waals surface area contributed by atoms with Gasteiger partial charge in [-0.05, 0) is 37.6 Å². The lowest BCUT2D eigenvalue weighted by atomic mass is 10.1. The summed E-state index contributed by atoms with van der Waals surface area (Å²) in [5, 5.41) is -0.296. The number of piperazine rings is 1. The fourth-order valence-corrected chi connectivity index (χ4v) is 3.89. The fourth-order valence-electron chi connectivity index (χ4n) is 3.24. The Balaban J connectivity index is 1.47. The van der Waals surface area contributed by atoms with Crippen LogP contribution in [0.4, 0.5) is 0 Å². The summed E-state index contributed by atoms with van der Waals surface area (Å²) >= 11 is 0. The number of hydrogen-bond donors (Lipinski definition) is 1. The largest absolute Gasteiger partial charge is 0.438 e. The SMILES string of the molecule is CNS(=O)(=O)c1ccc(C(=O)N2CCN(C(=O)CCCc3ccccc3)CC2)o1. The first-order valence-electron chi connectivity index (χ1n) is 9.55. The number of carbonyl (C=O) groups excluding carboxylic acids is 2. The van der Waals surface area contributed by atoms with Crippen molar-refractivity contribution in [2.24, 2.45) is 0 Å². The minimum absolute atomic E-state index is 0.0264. The van der Waals surface area contributed by atoms with Crippen molar-refractivity contribution in [1.29, 1.82) is 0 Å². The highest BCUT2D eigenvalue weighted by atomic mass is 32.2. The van der Waals surface area contributed by atoms with Gasteiger partial charge < -0.3 is 14.2 Å². The van der Waals surface area contributed by atoms with Gasteiger partial charge in [0, 0.05) is 32.6 Å². The Bertz CT molecular complexity index is 948. The van der Waals surface area contributed by atoms with Crippen LogP contribution in [0.25, 0.3) is 0 Å². The van der Waals surface area contributed by atoms with E-state index in [1.165, 1.54) is 24.7 Å². The Kier molecular flexibility index (Phi) is 6.71. The van der Waals surface area contributed by atoms with Crippen LogP contribution in [0.5, 0.6) is 0 Å². The molecule has 0 saturated carbocycles. The molecule has 1 aliphatic heterocycles. The molecule has 1 aliphatic rings. The van der Waals surface area contributed by atoms with E-state index >= 15 is 0 Å². The maximum Gasteiger partial charge on any atom is 0.289 e.